The van der Waals surface area contributed by atoms with Crippen LogP contribution < -0.4 is 10.6 Å². The number of carbonyl (C=O) groups is 1. The van der Waals surface area contributed by atoms with Gasteiger partial charge in [-0.05, 0) is 43.9 Å². The summed E-state index contributed by atoms with van der Waals surface area (Å²) in [5.74, 6) is 1.37. The summed E-state index contributed by atoms with van der Waals surface area (Å²) in [4.78, 5) is 19.1. The van der Waals surface area contributed by atoms with Gasteiger partial charge in [0.15, 0.2) is 5.96 Å². The first-order chi connectivity index (χ1) is 14.6. The van der Waals surface area contributed by atoms with Gasteiger partial charge in [-0.15, -0.1) is 24.0 Å². The molecule has 4 rings (SSSR count). The van der Waals surface area contributed by atoms with Gasteiger partial charge in [-0.3, -0.25) is 9.79 Å². The van der Waals surface area contributed by atoms with Gasteiger partial charge in [-0.1, -0.05) is 31.0 Å². The zero-order chi connectivity index (χ0) is 20.9. The van der Waals surface area contributed by atoms with Gasteiger partial charge in [0.2, 0.25) is 5.91 Å². The van der Waals surface area contributed by atoms with Crippen molar-refractivity contribution in [3.63, 3.8) is 0 Å². The SMILES string of the molecule is CN=C(NCc1ccccc1-n1ccc(C)n1)NC1CCN(C(=O)C2CCCC2)C1.I. The smallest absolute Gasteiger partial charge is 0.225 e. The Morgan fingerprint density at radius 1 is 1.19 bits per heavy atom. The summed E-state index contributed by atoms with van der Waals surface area (Å²) in [6.45, 7) is 4.24. The first-order valence-electron chi connectivity index (χ1n) is 11.0. The molecule has 31 heavy (non-hydrogen) atoms. The van der Waals surface area contributed by atoms with E-state index in [-0.39, 0.29) is 35.9 Å². The van der Waals surface area contributed by atoms with Gasteiger partial charge in [-0.25, -0.2) is 4.68 Å². The van der Waals surface area contributed by atoms with E-state index in [2.05, 4.69) is 32.9 Å². The second kappa shape index (κ2) is 11.0. The number of rotatable bonds is 5. The Kier molecular flexibility index (Phi) is 8.34. The number of halogens is 1. The topological polar surface area (TPSA) is 74.6 Å². The minimum Gasteiger partial charge on any atom is -0.352 e. The molecule has 2 fully saturated rings. The van der Waals surface area contributed by atoms with Crippen LogP contribution >= 0.6 is 24.0 Å². The average Bonchev–Trinajstić information content (AvgIpc) is 3.53. The summed E-state index contributed by atoms with van der Waals surface area (Å²) >= 11 is 0. The number of benzene rings is 1. The van der Waals surface area contributed by atoms with Crippen molar-refractivity contribution in [1.82, 2.24) is 25.3 Å². The Hall–Kier alpha value is -2.10. The molecule has 8 heteroatoms. The highest BCUT2D eigenvalue weighted by Crippen LogP contribution is 2.27. The Labute approximate surface area is 201 Å². The molecule has 2 aromatic rings. The Balaban J connectivity index is 0.00000272. The predicted molar refractivity (Wildman–Crippen MR) is 134 cm³/mol. The Morgan fingerprint density at radius 2 is 1.97 bits per heavy atom. The molecule has 1 aromatic carbocycles. The number of nitrogens with zero attached hydrogens (tertiary/aromatic N) is 4. The number of hydrogen-bond acceptors (Lipinski definition) is 3. The fourth-order valence-corrected chi connectivity index (χ4v) is 4.51. The van der Waals surface area contributed by atoms with E-state index >= 15 is 0 Å². The molecule has 1 saturated carbocycles. The third kappa shape index (κ3) is 5.78. The molecule has 0 spiro atoms. The second-order valence-corrected chi connectivity index (χ2v) is 8.35. The summed E-state index contributed by atoms with van der Waals surface area (Å²) in [6, 6.07) is 10.5. The average molecular weight is 536 g/mol. The van der Waals surface area contributed by atoms with E-state index in [1.165, 1.54) is 12.8 Å². The zero-order valence-corrected chi connectivity index (χ0v) is 20.7. The number of amides is 1. The van der Waals surface area contributed by atoms with E-state index < -0.39 is 0 Å². The number of likely N-dealkylation sites (tertiary alicyclic amines) is 1. The van der Waals surface area contributed by atoms with Gasteiger partial charge in [-0.2, -0.15) is 5.10 Å². The highest BCUT2D eigenvalue weighted by atomic mass is 127. The molecule has 1 saturated heterocycles. The second-order valence-electron chi connectivity index (χ2n) is 8.35. The fraction of sp³-hybridized carbons (Fsp3) is 0.522. The molecule has 1 atom stereocenters. The van der Waals surface area contributed by atoms with Crippen LogP contribution in [0.25, 0.3) is 5.69 Å². The standard InChI is InChI=1S/C23H32N6O.HI/c1-17-11-14-29(27-17)21-10-6-5-9-19(21)15-25-23(24-2)26-20-12-13-28(16-20)22(30)18-7-3-4-8-18;/h5-6,9-11,14,18,20H,3-4,7-8,12-13,15-16H2,1-2H3,(H2,24,25,26);1H. The number of nitrogens with one attached hydrogen (secondary N) is 2. The lowest BCUT2D eigenvalue weighted by molar-refractivity contribution is -0.134. The highest BCUT2D eigenvalue weighted by molar-refractivity contribution is 14.0. The van der Waals surface area contributed by atoms with Gasteiger partial charge >= 0.3 is 0 Å². The Bertz CT molecular complexity index is 905. The molecule has 1 amide bonds. The molecule has 1 aromatic heterocycles. The summed E-state index contributed by atoms with van der Waals surface area (Å²) < 4.78 is 1.91. The maximum absolute atomic E-state index is 12.7. The molecule has 2 aliphatic rings. The van der Waals surface area contributed by atoms with E-state index in [1.807, 2.05) is 40.9 Å². The van der Waals surface area contributed by atoms with Crippen molar-refractivity contribution in [3.8, 4) is 5.69 Å². The van der Waals surface area contributed by atoms with E-state index in [0.29, 0.717) is 12.5 Å². The highest BCUT2D eigenvalue weighted by Gasteiger charge is 2.32. The van der Waals surface area contributed by atoms with Gasteiger partial charge in [0.05, 0.1) is 11.4 Å². The maximum atomic E-state index is 12.7. The van der Waals surface area contributed by atoms with Crippen LogP contribution in [0.15, 0.2) is 41.5 Å². The van der Waals surface area contributed by atoms with Crippen LogP contribution in [0.1, 0.15) is 43.4 Å². The molecule has 168 valence electrons. The van der Waals surface area contributed by atoms with Crippen molar-refractivity contribution in [2.75, 3.05) is 20.1 Å². The maximum Gasteiger partial charge on any atom is 0.225 e. The summed E-state index contributed by atoms with van der Waals surface area (Å²) in [7, 11) is 1.79. The summed E-state index contributed by atoms with van der Waals surface area (Å²) in [6.07, 6.45) is 7.46. The molecule has 2 N–H and O–H groups in total. The third-order valence-corrected chi connectivity index (χ3v) is 6.18. The first kappa shape index (κ1) is 23.6. The van der Waals surface area contributed by atoms with Crippen molar-refractivity contribution >= 4 is 35.8 Å². The quantitative estimate of drug-likeness (QED) is 0.350. The third-order valence-electron chi connectivity index (χ3n) is 6.18. The van der Waals surface area contributed by atoms with E-state index in [1.54, 1.807) is 7.05 Å². The van der Waals surface area contributed by atoms with Crippen molar-refractivity contribution in [2.24, 2.45) is 10.9 Å². The fourth-order valence-electron chi connectivity index (χ4n) is 4.51. The normalized spacial score (nSPS) is 19.4. The van der Waals surface area contributed by atoms with Crippen LogP contribution in [0.2, 0.25) is 0 Å². The van der Waals surface area contributed by atoms with Crippen LogP contribution in [0.4, 0.5) is 0 Å². The lowest BCUT2D eigenvalue weighted by atomic mass is 10.1. The van der Waals surface area contributed by atoms with Crippen molar-refractivity contribution in [1.29, 1.82) is 0 Å². The molecule has 0 bridgehead atoms. The lowest BCUT2D eigenvalue weighted by Gasteiger charge is -2.21. The van der Waals surface area contributed by atoms with Crippen molar-refractivity contribution in [2.45, 2.75) is 51.6 Å². The number of aromatic nitrogens is 2. The molecule has 7 nitrogen and oxygen atoms in total. The van der Waals surface area contributed by atoms with Crippen LogP contribution in [0.3, 0.4) is 0 Å². The van der Waals surface area contributed by atoms with Gasteiger partial charge in [0.25, 0.3) is 0 Å². The predicted octanol–water partition coefficient (Wildman–Crippen LogP) is 3.25. The molecule has 1 aliphatic heterocycles. The Morgan fingerprint density at radius 3 is 2.68 bits per heavy atom. The van der Waals surface area contributed by atoms with Crippen molar-refractivity contribution < 1.29 is 4.79 Å². The van der Waals surface area contributed by atoms with Crippen LogP contribution in [-0.2, 0) is 11.3 Å². The lowest BCUT2D eigenvalue weighted by Crippen LogP contribution is -2.45. The summed E-state index contributed by atoms with van der Waals surface area (Å²) in [5, 5.41) is 11.5. The molecule has 0 radical (unpaired) electrons. The van der Waals surface area contributed by atoms with E-state index in [4.69, 9.17) is 0 Å². The van der Waals surface area contributed by atoms with Crippen LogP contribution in [-0.4, -0.2) is 52.7 Å². The van der Waals surface area contributed by atoms with Gasteiger partial charge in [0.1, 0.15) is 0 Å². The number of aryl methyl sites for hydroxylation is 1. The van der Waals surface area contributed by atoms with E-state index in [0.717, 1.165) is 55.3 Å². The zero-order valence-electron chi connectivity index (χ0n) is 18.4. The minimum absolute atomic E-state index is 0. The number of carbonyl (C=O) groups excluding carboxylic acids is 1. The minimum atomic E-state index is 0. The first-order valence-corrected chi connectivity index (χ1v) is 11.0. The van der Waals surface area contributed by atoms with Crippen molar-refractivity contribution in [3.05, 3.63) is 47.8 Å². The molecule has 2 heterocycles. The number of hydrogen-bond donors (Lipinski definition) is 2. The molecular formula is C23H33IN6O. The number of aliphatic imine (C=N–C) groups is 1. The molecule has 1 unspecified atom stereocenters. The number of guanidine groups is 1. The van der Waals surface area contributed by atoms with Gasteiger partial charge < -0.3 is 15.5 Å². The monoisotopic (exact) mass is 536 g/mol. The largest absolute Gasteiger partial charge is 0.352 e. The molecular weight excluding hydrogens is 503 g/mol. The summed E-state index contributed by atoms with van der Waals surface area (Å²) in [5.41, 5.74) is 3.20. The van der Waals surface area contributed by atoms with E-state index in [9.17, 15) is 4.79 Å². The number of para-hydroxylation sites is 1. The van der Waals surface area contributed by atoms with Crippen LogP contribution in [0.5, 0.6) is 0 Å². The van der Waals surface area contributed by atoms with Crippen LogP contribution in [0, 0.1) is 12.8 Å². The van der Waals surface area contributed by atoms with Gasteiger partial charge in [0, 0.05) is 44.8 Å². The molecule has 1 aliphatic carbocycles.